The van der Waals surface area contributed by atoms with E-state index in [-0.39, 0.29) is 0 Å². The SMILES string of the molecule is CCCOc1ccc(CNC(=NC)NC2CCC(SC)C2)cn1. The van der Waals surface area contributed by atoms with Crippen LogP contribution in [0.4, 0.5) is 0 Å². The van der Waals surface area contributed by atoms with E-state index in [1.165, 1.54) is 19.3 Å². The second kappa shape index (κ2) is 9.65. The Hall–Kier alpha value is -1.43. The third kappa shape index (κ3) is 5.94. The molecule has 1 fully saturated rings. The minimum absolute atomic E-state index is 0.529. The summed E-state index contributed by atoms with van der Waals surface area (Å²) in [5.41, 5.74) is 1.12. The standard InChI is InChI=1S/C17H28N4OS/c1-4-9-22-16-8-5-13(11-19-16)12-20-17(18-2)21-14-6-7-15(10-14)23-3/h5,8,11,14-15H,4,6-7,9-10,12H2,1-3H3,(H2,18,20,21). The van der Waals surface area contributed by atoms with Crippen molar-refractivity contribution in [2.75, 3.05) is 19.9 Å². The summed E-state index contributed by atoms with van der Waals surface area (Å²) in [4.78, 5) is 8.64. The summed E-state index contributed by atoms with van der Waals surface area (Å²) in [6.45, 7) is 3.50. The van der Waals surface area contributed by atoms with Crippen molar-refractivity contribution >= 4 is 17.7 Å². The Morgan fingerprint density at radius 3 is 2.91 bits per heavy atom. The molecule has 2 rings (SSSR count). The Kier molecular flexibility index (Phi) is 7.52. The molecule has 6 heteroatoms. The minimum atomic E-state index is 0.529. The number of rotatable bonds is 7. The summed E-state index contributed by atoms with van der Waals surface area (Å²) >= 11 is 1.97. The zero-order valence-electron chi connectivity index (χ0n) is 14.3. The fraction of sp³-hybridized carbons (Fsp3) is 0.647. The molecule has 0 saturated heterocycles. The zero-order valence-corrected chi connectivity index (χ0v) is 15.2. The first-order valence-corrected chi connectivity index (χ1v) is 9.61. The van der Waals surface area contributed by atoms with Crippen molar-refractivity contribution in [1.29, 1.82) is 0 Å². The number of aromatic nitrogens is 1. The third-order valence-corrected chi connectivity index (χ3v) is 5.09. The van der Waals surface area contributed by atoms with Crippen LogP contribution in [0.25, 0.3) is 0 Å². The van der Waals surface area contributed by atoms with Crippen LogP contribution in [0.15, 0.2) is 23.3 Å². The lowest BCUT2D eigenvalue weighted by atomic mass is 10.2. The van der Waals surface area contributed by atoms with E-state index in [1.54, 1.807) is 0 Å². The predicted octanol–water partition coefficient (Wildman–Crippen LogP) is 2.82. The van der Waals surface area contributed by atoms with Gasteiger partial charge in [-0.2, -0.15) is 11.8 Å². The Bertz CT molecular complexity index is 492. The van der Waals surface area contributed by atoms with Crippen molar-refractivity contribution < 1.29 is 4.74 Å². The van der Waals surface area contributed by atoms with Crippen LogP contribution in [-0.4, -0.2) is 42.1 Å². The van der Waals surface area contributed by atoms with Gasteiger partial charge in [0.1, 0.15) is 0 Å². The Balaban J connectivity index is 1.77. The highest BCUT2D eigenvalue weighted by Gasteiger charge is 2.24. The maximum absolute atomic E-state index is 5.50. The second-order valence-electron chi connectivity index (χ2n) is 5.79. The predicted molar refractivity (Wildman–Crippen MR) is 98.3 cm³/mol. The molecule has 0 radical (unpaired) electrons. The molecule has 0 aromatic carbocycles. The summed E-state index contributed by atoms with van der Waals surface area (Å²) in [6.07, 6.45) is 8.76. The van der Waals surface area contributed by atoms with E-state index in [0.29, 0.717) is 25.1 Å². The fourth-order valence-electron chi connectivity index (χ4n) is 2.67. The highest BCUT2D eigenvalue weighted by Crippen LogP contribution is 2.27. The Labute approximate surface area is 143 Å². The number of hydrogen-bond acceptors (Lipinski definition) is 4. The molecule has 2 unspecified atom stereocenters. The monoisotopic (exact) mass is 336 g/mol. The maximum atomic E-state index is 5.50. The molecule has 128 valence electrons. The van der Waals surface area contributed by atoms with Crippen LogP contribution >= 0.6 is 11.8 Å². The van der Waals surface area contributed by atoms with Crippen LogP contribution < -0.4 is 15.4 Å². The zero-order chi connectivity index (χ0) is 16.5. The lowest BCUT2D eigenvalue weighted by Crippen LogP contribution is -2.42. The largest absolute Gasteiger partial charge is 0.478 e. The van der Waals surface area contributed by atoms with Crippen LogP contribution in [0, 0.1) is 0 Å². The van der Waals surface area contributed by atoms with Gasteiger partial charge in [0.2, 0.25) is 5.88 Å². The molecular weight excluding hydrogens is 308 g/mol. The van der Waals surface area contributed by atoms with Crippen LogP contribution in [0.5, 0.6) is 5.88 Å². The minimum Gasteiger partial charge on any atom is -0.478 e. The Morgan fingerprint density at radius 2 is 2.30 bits per heavy atom. The molecule has 1 aromatic heterocycles. The van der Waals surface area contributed by atoms with Crippen molar-refractivity contribution in [2.45, 2.75) is 50.4 Å². The van der Waals surface area contributed by atoms with Gasteiger partial charge in [-0.1, -0.05) is 13.0 Å². The molecule has 23 heavy (non-hydrogen) atoms. The van der Waals surface area contributed by atoms with Crippen LogP contribution in [0.1, 0.15) is 38.2 Å². The lowest BCUT2D eigenvalue weighted by molar-refractivity contribution is 0.305. The van der Waals surface area contributed by atoms with Gasteiger partial charge in [0.25, 0.3) is 0 Å². The Morgan fingerprint density at radius 1 is 1.43 bits per heavy atom. The highest BCUT2D eigenvalue weighted by atomic mass is 32.2. The van der Waals surface area contributed by atoms with Crippen molar-refractivity contribution in [3.05, 3.63) is 23.9 Å². The molecule has 1 aliphatic rings. The first-order chi connectivity index (χ1) is 11.2. The molecule has 1 aliphatic carbocycles. The van der Waals surface area contributed by atoms with E-state index in [4.69, 9.17) is 4.74 Å². The van der Waals surface area contributed by atoms with Gasteiger partial charge in [-0.05, 0) is 37.5 Å². The van der Waals surface area contributed by atoms with E-state index in [0.717, 1.165) is 23.2 Å². The van der Waals surface area contributed by atoms with Crippen molar-refractivity contribution in [3.63, 3.8) is 0 Å². The molecule has 5 nitrogen and oxygen atoms in total. The van der Waals surface area contributed by atoms with E-state index in [2.05, 4.69) is 33.8 Å². The smallest absolute Gasteiger partial charge is 0.213 e. The molecular formula is C17H28N4OS. The molecule has 0 spiro atoms. The van der Waals surface area contributed by atoms with Gasteiger partial charge < -0.3 is 15.4 Å². The molecule has 1 aromatic rings. The quantitative estimate of drug-likeness (QED) is 0.592. The van der Waals surface area contributed by atoms with Gasteiger partial charge in [0.15, 0.2) is 5.96 Å². The molecule has 1 saturated carbocycles. The van der Waals surface area contributed by atoms with Crippen molar-refractivity contribution in [1.82, 2.24) is 15.6 Å². The van der Waals surface area contributed by atoms with Gasteiger partial charge in [0, 0.05) is 37.1 Å². The lowest BCUT2D eigenvalue weighted by Gasteiger charge is -2.17. The first kappa shape index (κ1) is 17.9. The average Bonchev–Trinajstić information content (AvgIpc) is 3.05. The summed E-state index contributed by atoms with van der Waals surface area (Å²) in [5.74, 6) is 1.55. The average molecular weight is 337 g/mol. The van der Waals surface area contributed by atoms with E-state index < -0.39 is 0 Å². The van der Waals surface area contributed by atoms with Gasteiger partial charge in [-0.25, -0.2) is 4.98 Å². The van der Waals surface area contributed by atoms with E-state index >= 15 is 0 Å². The highest BCUT2D eigenvalue weighted by molar-refractivity contribution is 7.99. The van der Waals surface area contributed by atoms with Gasteiger partial charge >= 0.3 is 0 Å². The summed E-state index contributed by atoms with van der Waals surface area (Å²) < 4.78 is 5.50. The number of guanidine groups is 1. The van der Waals surface area contributed by atoms with Crippen LogP contribution in [0.2, 0.25) is 0 Å². The summed E-state index contributed by atoms with van der Waals surface area (Å²) in [5, 5.41) is 7.66. The van der Waals surface area contributed by atoms with Crippen LogP contribution in [-0.2, 0) is 6.54 Å². The van der Waals surface area contributed by atoms with Gasteiger partial charge in [0.05, 0.1) is 6.61 Å². The maximum Gasteiger partial charge on any atom is 0.213 e. The number of nitrogens with one attached hydrogen (secondary N) is 2. The first-order valence-electron chi connectivity index (χ1n) is 8.32. The van der Waals surface area contributed by atoms with Crippen LogP contribution in [0.3, 0.4) is 0 Å². The number of hydrogen-bond donors (Lipinski definition) is 2. The van der Waals surface area contributed by atoms with Gasteiger partial charge in [-0.3, -0.25) is 4.99 Å². The number of pyridine rings is 1. The number of nitrogens with zero attached hydrogens (tertiary/aromatic N) is 2. The van der Waals surface area contributed by atoms with Crippen molar-refractivity contribution in [2.24, 2.45) is 4.99 Å². The topological polar surface area (TPSA) is 58.5 Å². The van der Waals surface area contributed by atoms with E-state index in [1.807, 2.05) is 37.1 Å². The molecule has 0 bridgehead atoms. The van der Waals surface area contributed by atoms with E-state index in [9.17, 15) is 0 Å². The van der Waals surface area contributed by atoms with Crippen molar-refractivity contribution in [3.8, 4) is 5.88 Å². The third-order valence-electron chi connectivity index (χ3n) is 3.99. The number of ether oxygens (including phenoxy) is 1. The molecule has 0 amide bonds. The second-order valence-corrected chi connectivity index (χ2v) is 6.93. The molecule has 2 atom stereocenters. The number of thioether (sulfide) groups is 1. The molecule has 0 aliphatic heterocycles. The van der Waals surface area contributed by atoms with Gasteiger partial charge in [-0.15, -0.1) is 0 Å². The normalized spacial score (nSPS) is 21.3. The molecule has 2 N–H and O–H groups in total. The summed E-state index contributed by atoms with van der Waals surface area (Å²) in [6, 6.07) is 4.49. The molecule has 1 heterocycles. The summed E-state index contributed by atoms with van der Waals surface area (Å²) in [7, 11) is 1.82. The number of aliphatic imine (C=N–C) groups is 1. The fourth-order valence-corrected chi connectivity index (χ4v) is 3.46.